The minimum atomic E-state index is -0.609. The molecule has 0 aliphatic rings. The van der Waals surface area contributed by atoms with E-state index in [0.717, 1.165) is 5.69 Å². The van der Waals surface area contributed by atoms with Crippen molar-refractivity contribution in [3.8, 4) is 11.8 Å². The molecular formula is C21H19N5O3. The van der Waals surface area contributed by atoms with Crippen LogP contribution in [0.1, 0.15) is 15.9 Å². The van der Waals surface area contributed by atoms with Crippen LogP contribution >= 0.6 is 0 Å². The highest BCUT2D eigenvalue weighted by molar-refractivity contribution is 5.96. The summed E-state index contributed by atoms with van der Waals surface area (Å²) < 4.78 is 6.52. The minimum absolute atomic E-state index is 0.202. The molecule has 0 spiro atoms. The highest BCUT2D eigenvalue weighted by Gasteiger charge is 2.16. The van der Waals surface area contributed by atoms with Crippen molar-refractivity contribution in [1.29, 1.82) is 5.26 Å². The van der Waals surface area contributed by atoms with Gasteiger partial charge in [-0.2, -0.15) is 10.4 Å². The molecule has 1 aromatic heterocycles. The lowest BCUT2D eigenvalue weighted by molar-refractivity contribution is -0.119. The van der Waals surface area contributed by atoms with Crippen molar-refractivity contribution < 1.29 is 14.3 Å². The zero-order chi connectivity index (χ0) is 20.8. The first-order chi connectivity index (χ1) is 14.0. The number of nitrogens with one attached hydrogen (secondary N) is 1. The van der Waals surface area contributed by atoms with Crippen LogP contribution in [0.15, 0.2) is 60.8 Å². The van der Waals surface area contributed by atoms with Gasteiger partial charge in [0.1, 0.15) is 11.6 Å². The summed E-state index contributed by atoms with van der Waals surface area (Å²) in [5, 5.41) is 16.0. The Bertz CT molecular complexity index is 1050. The summed E-state index contributed by atoms with van der Waals surface area (Å²) >= 11 is 0. The number of carbonyl (C=O) groups is 2. The molecule has 2 aromatic carbocycles. The molecule has 0 atom stereocenters. The molecule has 8 heteroatoms. The SMILES string of the molecule is CN(C)c1ccc(C(=O)OCC(=O)Nc2c(C#N)cnn2-c2ccccc2)cc1. The zero-order valence-electron chi connectivity index (χ0n) is 16.0. The largest absolute Gasteiger partial charge is 0.452 e. The fourth-order valence-corrected chi connectivity index (χ4v) is 2.59. The van der Waals surface area contributed by atoms with E-state index >= 15 is 0 Å². The van der Waals surface area contributed by atoms with Gasteiger partial charge in [-0.3, -0.25) is 4.79 Å². The van der Waals surface area contributed by atoms with E-state index in [2.05, 4.69) is 10.4 Å². The standard InChI is InChI=1S/C21H19N5O3/c1-25(2)17-10-8-15(9-11-17)21(28)29-14-19(27)24-20-16(12-22)13-23-26(20)18-6-4-3-5-7-18/h3-11,13H,14H2,1-2H3,(H,24,27). The third kappa shape index (κ3) is 4.59. The van der Waals surface area contributed by atoms with Gasteiger partial charge in [0.15, 0.2) is 12.4 Å². The molecule has 3 aromatic rings. The summed E-state index contributed by atoms with van der Waals surface area (Å²) in [5.41, 5.74) is 2.17. The summed E-state index contributed by atoms with van der Waals surface area (Å²) in [5.74, 6) is -0.963. The lowest BCUT2D eigenvalue weighted by atomic mass is 10.2. The smallest absolute Gasteiger partial charge is 0.338 e. The Labute approximate surface area is 167 Å². The molecule has 0 fully saturated rings. The van der Waals surface area contributed by atoms with Gasteiger partial charge in [-0.1, -0.05) is 18.2 Å². The van der Waals surface area contributed by atoms with Crippen LogP contribution in [0.25, 0.3) is 5.69 Å². The van der Waals surface area contributed by atoms with Crippen LogP contribution in [0.3, 0.4) is 0 Å². The summed E-state index contributed by atoms with van der Waals surface area (Å²) in [4.78, 5) is 26.4. The monoisotopic (exact) mass is 389 g/mol. The topological polar surface area (TPSA) is 100 Å². The Kier molecular flexibility index (Phi) is 5.90. The minimum Gasteiger partial charge on any atom is -0.452 e. The zero-order valence-corrected chi connectivity index (χ0v) is 16.0. The van der Waals surface area contributed by atoms with Gasteiger partial charge in [-0.15, -0.1) is 0 Å². The number of amides is 1. The van der Waals surface area contributed by atoms with Crippen molar-refractivity contribution in [2.24, 2.45) is 0 Å². The molecule has 0 saturated carbocycles. The molecule has 0 aliphatic carbocycles. The van der Waals surface area contributed by atoms with Gasteiger partial charge in [-0.05, 0) is 36.4 Å². The molecular weight excluding hydrogens is 370 g/mol. The second-order valence-electron chi connectivity index (χ2n) is 6.33. The number of hydrogen-bond donors (Lipinski definition) is 1. The van der Waals surface area contributed by atoms with Crippen LogP contribution in [0.5, 0.6) is 0 Å². The number of rotatable bonds is 6. The summed E-state index contributed by atoms with van der Waals surface area (Å²) in [7, 11) is 3.79. The van der Waals surface area contributed by atoms with Crippen LogP contribution in [-0.2, 0) is 9.53 Å². The van der Waals surface area contributed by atoms with Crippen LogP contribution in [0.2, 0.25) is 0 Å². The number of aromatic nitrogens is 2. The third-order valence-electron chi connectivity index (χ3n) is 4.10. The number of esters is 1. The lowest BCUT2D eigenvalue weighted by Gasteiger charge is -2.12. The Morgan fingerprint density at radius 2 is 1.83 bits per heavy atom. The van der Waals surface area contributed by atoms with Crippen molar-refractivity contribution in [3.05, 3.63) is 71.9 Å². The second-order valence-corrected chi connectivity index (χ2v) is 6.33. The summed E-state index contributed by atoms with van der Waals surface area (Å²) in [6.45, 7) is -0.487. The van der Waals surface area contributed by atoms with Crippen LogP contribution in [0, 0.1) is 11.3 Å². The van der Waals surface area contributed by atoms with E-state index in [4.69, 9.17) is 4.74 Å². The predicted molar refractivity (Wildman–Crippen MR) is 108 cm³/mol. The number of anilines is 2. The number of ether oxygens (including phenoxy) is 1. The van der Waals surface area contributed by atoms with Gasteiger partial charge in [-0.25, -0.2) is 9.48 Å². The van der Waals surface area contributed by atoms with Crippen LogP contribution in [0.4, 0.5) is 11.5 Å². The molecule has 0 saturated heterocycles. The van der Waals surface area contributed by atoms with Crippen LogP contribution < -0.4 is 10.2 Å². The van der Waals surface area contributed by atoms with Crippen molar-refractivity contribution in [1.82, 2.24) is 9.78 Å². The first-order valence-electron chi connectivity index (χ1n) is 8.77. The van der Waals surface area contributed by atoms with Gasteiger partial charge in [0, 0.05) is 19.8 Å². The van der Waals surface area contributed by atoms with E-state index in [1.165, 1.54) is 10.9 Å². The first-order valence-corrected chi connectivity index (χ1v) is 8.77. The average molecular weight is 389 g/mol. The summed E-state index contributed by atoms with van der Waals surface area (Å²) in [6.07, 6.45) is 1.36. The molecule has 0 radical (unpaired) electrons. The van der Waals surface area contributed by atoms with Gasteiger partial charge < -0.3 is 15.0 Å². The molecule has 3 rings (SSSR count). The lowest BCUT2D eigenvalue weighted by Crippen LogP contribution is -2.23. The van der Waals surface area contributed by atoms with Gasteiger partial charge >= 0.3 is 5.97 Å². The van der Waals surface area contributed by atoms with Crippen molar-refractivity contribution in [2.45, 2.75) is 0 Å². The molecule has 1 amide bonds. The predicted octanol–water partition coefficient (Wildman–Crippen LogP) is 2.61. The van der Waals surface area contributed by atoms with E-state index in [1.54, 1.807) is 36.4 Å². The fourth-order valence-electron chi connectivity index (χ4n) is 2.59. The number of nitrogens with zero attached hydrogens (tertiary/aromatic N) is 4. The van der Waals surface area contributed by atoms with Gasteiger partial charge in [0.05, 0.1) is 17.4 Å². The van der Waals surface area contributed by atoms with Gasteiger partial charge in [0.25, 0.3) is 5.91 Å². The Balaban J connectivity index is 1.66. The van der Waals surface area contributed by atoms with E-state index < -0.39 is 18.5 Å². The maximum atomic E-state index is 12.3. The first kappa shape index (κ1) is 19.6. The van der Waals surface area contributed by atoms with E-state index in [1.807, 2.05) is 43.3 Å². The highest BCUT2D eigenvalue weighted by Crippen LogP contribution is 2.19. The third-order valence-corrected chi connectivity index (χ3v) is 4.10. The van der Waals surface area contributed by atoms with E-state index in [-0.39, 0.29) is 11.4 Å². The number of benzene rings is 2. The molecule has 1 N–H and O–H groups in total. The highest BCUT2D eigenvalue weighted by atomic mass is 16.5. The molecule has 29 heavy (non-hydrogen) atoms. The maximum Gasteiger partial charge on any atom is 0.338 e. The molecule has 8 nitrogen and oxygen atoms in total. The Morgan fingerprint density at radius 3 is 2.45 bits per heavy atom. The molecule has 0 unspecified atom stereocenters. The van der Waals surface area contributed by atoms with E-state index in [9.17, 15) is 14.9 Å². The number of para-hydroxylation sites is 1. The van der Waals surface area contributed by atoms with Crippen molar-refractivity contribution >= 4 is 23.4 Å². The molecule has 0 aliphatic heterocycles. The number of hydrogen-bond acceptors (Lipinski definition) is 6. The van der Waals surface area contributed by atoms with Crippen LogP contribution in [-0.4, -0.2) is 42.4 Å². The quantitative estimate of drug-likeness (QED) is 0.651. The molecule has 1 heterocycles. The Morgan fingerprint density at radius 1 is 1.14 bits per heavy atom. The second kappa shape index (κ2) is 8.71. The maximum absolute atomic E-state index is 12.3. The van der Waals surface area contributed by atoms with E-state index in [0.29, 0.717) is 11.3 Å². The number of carbonyl (C=O) groups excluding carboxylic acids is 2. The average Bonchev–Trinajstić information content (AvgIpc) is 3.15. The fraction of sp³-hybridized carbons (Fsp3) is 0.143. The number of nitriles is 1. The molecule has 0 bridgehead atoms. The van der Waals surface area contributed by atoms with Crippen molar-refractivity contribution in [2.75, 3.05) is 30.9 Å². The summed E-state index contributed by atoms with van der Waals surface area (Å²) in [6, 6.07) is 17.9. The van der Waals surface area contributed by atoms with Gasteiger partial charge in [0.2, 0.25) is 0 Å². The van der Waals surface area contributed by atoms with Crippen molar-refractivity contribution in [3.63, 3.8) is 0 Å². The normalized spacial score (nSPS) is 10.1. The molecule has 146 valence electrons. The Hall–Kier alpha value is -4.12.